The Morgan fingerprint density at radius 1 is 0.951 bits per heavy atom. The van der Waals surface area contributed by atoms with Crippen LogP contribution in [-0.2, 0) is 38.1 Å². The third kappa shape index (κ3) is 9.68. The first-order valence-electron chi connectivity index (χ1n) is 13.2. The highest BCUT2D eigenvalue weighted by atomic mass is 35.5. The lowest BCUT2D eigenvalue weighted by atomic mass is 9.73. The molecule has 1 fully saturated rings. The van der Waals surface area contributed by atoms with Gasteiger partial charge in [-0.1, -0.05) is 89.9 Å². The largest absolute Gasteiger partial charge is 0.375 e. The number of hydrogen-bond donors (Lipinski definition) is 2. The van der Waals surface area contributed by atoms with E-state index in [2.05, 4.69) is 10.0 Å². The fourth-order valence-corrected chi connectivity index (χ4v) is 5.84. The highest BCUT2D eigenvalue weighted by Gasteiger charge is 2.39. The molecule has 0 aliphatic carbocycles. The van der Waals surface area contributed by atoms with E-state index in [1.807, 2.05) is 71.6 Å². The predicted molar refractivity (Wildman–Crippen MR) is 167 cm³/mol. The third-order valence-electron chi connectivity index (χ3n) is 7.32. The van der Waals surface area contributed by atoms with E-state index in [0.717, 1.165) is 16.7 Å². The summed E-state index contributed by atoms with van der Waals surface area (Å²) in [5, 5.41) is 4.29. The van der Waals surface area contributed by atoms with E-state index in [-0.39, 0.29) is 31.5 Å². The number of carbonyl (C=O) groups excluding carboxylic acids is 1. The Hall–Kier alpha value is -2.17. The van der Waals surface area contributed by atoms with Crippen molar-refractivity contribution in [2.45, 2.75) is 37.5 Å². The standard InChI is InChI=1S/C30H35Cl2N3O4S.ClH/c1-40(37,38)34-22-30(25-10-6-3-7-11-25)14-16-35(17-15-30)29(36)28(21-39-20-23-8-4-2-5-9-23)33-19-24-12-13-26(31)27(32)18-24;/h2-13,18,28,33-34H,14-17,19-22H2,1H3;1H/t28-;/m0./s1. The molecule has 3 aromatic carbocycles. The number of carbonyl (C=O) groups is 1. The zero-order chi connectivity index (χ0) is 28.6. The second-order valence-corrected chi connectivity index (χ2v) is 12.9. The molecular formula is C30H36Cl3N3O4S. The number of nitrogens with zero attached hydrogens (tertiary/aromatic N) is 1. The Morgan fingerprint density at radius 2 is 1.59 bits per heavy atom. The second-order valence-electron chi connectivity index (χ2n) is 10.2. The third-order valence-corrected chi connectivity index (χ3v) is 8.73. The van der Waals surface area contributed by atoms with Crippen molar-refractivity contribution >= 4 is 51.5 Å². The maximum absolute atomic E-state index is 13.8. The number of likely N-dealkylation sites (tertiary alicyclic amines) is 1. The van der Waals surface area contributed by atoms with Crippen molar-refractivity contribution < 1.29 is 17.9 Å². The number of rotatable bonds is 12. The molecule has 1 aliphatic heterocycles. The normalized spacial score (nSPS) is 15.6. The Morgan fingerprint density at radius 3 is 2.20 bits per heavy atom. The molecule has 1 atom stereocenters. The van der Waals surface area contributed by atoms with Gasteiger partial charge in [0.2, 0.25) is 15.9 Å². The predicted octanol–water partition coefficient (Wildman–Crippen LogP) is 5.20. The molecule has 0 bridgehead atoms. The monoisotopic (exact) mass is 639 g/mol. The number of halogens is 3. The number of amides is 1. The summed E-state index contributed by atoms with van der Waals surface area (Å²) < 4.78 is 32.5. The smallest absolute Gasteiger partial charge is 0.242 e. The molecule has 41 heavy (non-hydrogen) atoms. The van der Waals surface area contributed by atoms with E-state index in [1.165, 1.54) is 6.26 Å². The summed E-state index contributed by atoms with van der Waals surface area (Å²) in [6.45, 7) is 2.31. The van der Waals surface area contributed by atoms with Gasteiger partial charge in [0.15, 0.2) is 0 Å². The fraction of sp³-hybridized carbons (Fsp3) is 0.367. The van der Waals surface area contributed by atoms with E-state index in [4.69, 9.17) is 27.9 Å². The molecule has 0 saturated carbocycles. The topological polar surface area (TPSA) is 87.7 Å². The van der Waals surface area contributed by atoms with Gasteiger partial charge in [0, 0.05) is 31.6 Å². The van der Waals surface area contributed by atoms with E-state index in [9.17, 15) is 13.2 Å². The summed E-state index contributed by atoms with van der Waals surface area (Å²) in [4.78, 5) is 15.6. The van der Waals surface area contributed by atoms with Crippen LogP contribution in [0, 0.1) is 0 Å². The van der Waals surface area contributed by atoms with Crippen LogP contribution >= 0.6 is 35.6 Å². The average Bonchev–Trinajstić information content (AvgIpc) is 2.96. The van der Waals surface area contributed by atoms with Gasteiger partial charge in [-0.2, -0.15) is 0 Å². The van der Waals surface area contributed by atoms with Crippen molar-refractivity contribution in [3.63, 3.8) is 0 Å². The van der Waals surface area contributed by atoms with Crippen molar-refractivity contribution in [3.05, 3.63) is 106 Å². The van der Waals surface area contributed by atoms with Crippen molar-refractivity contribution in [3.8, 4) is 0 Å². The molecule has 4 rings (SSSR count). The first-order chi connectivity index (χ1) is 19.2. The molecule has 222 valence electrons. The maximum atomic E-state index is 13.8. The number of sulfonamides is 1. The molecule has 0 radical (unpaired) electrons. The van der Waals surface area contributed by atoms with E-state index in [1.54, 1.807) is 12.1 Å². The van der Waals surface area contributed by atoms with Crippen LogP contribution in [-0.4, -0.2) is 57.8 Å². The van der Waals surface area contributed by atoms with Crippen LogP contribution in [0.4, 0.5) is 0 Å². The number of ether oxygens (including phenoxy) is 1. The maximum Gasteiger partial charge on any atom is 0.242 e. The van der Waals surface area contributed by atoms with Crippen LogP contribution in [0.25, 0.3) is 0 Å². The molecule has 2 N–H and O–H groups in total. The van der Waals surface area contributed by atoms with Crippen LogP contribution in [0.1, 0.15) is 29.5 Å². The first-order valence-corrected chi connectivity index (χ1v) is 15.9. The van der Waals surface area contributed by atoms with Gasteiger partial charge in [0.1, 0.15) is 6.04 Å². The molecule has 1 aliphatic rings. The highest BCUT2D eigenvalue weighted by molar-refractivity contribution is 7.88. The Bertz CT molecular complexity index is 1370. The molecule has 11 heteroatoms. The minimum Gasteiger partial charge on any atom is -0.375 e. The van der Waals surface area contributed by atoms with Gasteiger partial charge in [-0.15, -0.1) is 12.4 Å². The number of nitrogens with one attached hydrogen (secondary N) is 2. The molecule has 1 amide bonds. The fourth-order valence-electron chi connectivity index (χ4n) is 4.98. The molecule has 0 aromatic heterocycles. The Balaban J connectivity index is 0.00000462. The summed E-state index contributed by atoms with van der Waals surface area (Å²) in [6, 6.07) is 24.6. The van der Waals surface area contributed by atoms with Gasteiger partial charge in [-0.05, 0) is 41.7 Å². The lowest BCUT2D eigenvalue weighted by molar-refractivity contribution is -0.137. The first kappa shape index (κ1) is 33.3. The van der Waals surface area contributed by atoms with Gasteiger partial charge < -0.3 is 9.64 Å². The van der Waals surface area contributed by atoms with Crippen molar-refractivity contribution in [2.24, 2.45) is 0 Å². The SMILES string of the molecule is CS(=O)(=O)NCC1(c2ccccc2)CCN(C(=O)[C@H](COCc2ccccc2)NCc2ccc(Cl)c(Cl)c2)CC1.Cl. The van der Waals surface area contributed by atoms with Gasteiger partial charge in [0.25, 0.3) is 0 Å². The van der Waals surface area contributed by atoms with Gasteiger partial charge in [0.05, 0.1) is 29.5 Å². The van der Waals surface area contributed by atoms with Crippen molar-refractivity contribution in [1.29, 1.82) is 0 Å². The molecule has 0 spiro atoms. The van der Waals surface area contributed by atoms with Crippen LogP contribution in [0.15, 0.2) is 78.9 Å². The van der Waals surface area contributed by atoms with E-state index in [0.29, 0.717) is 49.1 Å². The summed E-state index contributed by atoms with van der Waals surface area (Å²) in [7, 11) is -3.36. The summed E-state index contributed by atoms with van der Waals surface area (Å²) in [5.74, 6) is -0.0501. The zero-order valence-electron chi connectivity index (χ0n) is 22.9. The quantitative estimate of drug-likeness (QED) is 0.284. The zero-order valence-corrected chi connectivity index (χ0v) is 26.0. The Kier molecular flexibility index (Phi) is 12.5. The molecule has 0 unspecified atom stereocenters. The van der Waals surface area contributed by atoms with Gasteiger partial charge >= 0.3 is 0 Å². The van der Waals surface area contributed by atoms with Gasteiger partial charge in [-0.25, -0.2) is 13.1 Å². The summed E-state index contributed by atoms with van der Waals surface area (Å²) >= 11 is 12.3. The van der Waals surface area contributed by atoms with Crippen molar-refractivity contribution in [1.82, 2.24) is 14.9 Å². The van der Waals surface area contributed by atoms with Crippen LogP contribution < -0.4 is 10.0 Å². The minimum absolute atomic E-state index is 0. The molecule has 3 aromatic rings. The average molecular weight is 641 g/mol. The minimum atomic E-state index is -3.36. The van der Waals surface area contributed by atoms with Gasteiger partial charge in [-0.3, -0.25) is 10.1 Å². The second kappa shape index (κ2) is 15.3. The number of piperidine rings is 1. The van der Waals surface area contributed by atoms with Crippen LogP contribution in [0.3, 0.4) is 0 Å². The van der Waals surface area contributed by atoms with E-state index >= 15 is 0 Å². The lowest BCUT2D eigenvalue weighted by Crippen LogP contribution is -2.55. The molecule has 7 nitrogen and oxygen atoms in total. The highest BCUT2D eigenvalue weighted by Crippen LogP contribution is 2.35. The van der Waals surface area contributed by atoms with Crippen LogP contribution in [0.5, 0.6) is 0 Å². The summed E-state index contributed by atoms with van der Waals surface area (Å²) in [6.07, 6.45) is 2.44. The number of benzene rings is 3. The lowest BCUT2D eigenvalue weighted by Gasteiger charge is -2.43. The van der Waals surface area contributed by atoms with Crippen molar-refractivity contribution in [2.75, 3.05) is 32.5 Å². The summed E-state index contributed by atoms with van der Waals surface area (Å²) in [5.41, 5.74) is 2.61. The Labute approximate surface area is 259 Å². The van der Waals surface area contributed by atoms with E-state index < -0.39 is 21.5 Å². The molecular weight excluding hydrogens is 605 g/mol. The van der Waals surface area contributed by atoms with Crippen LogP contribution in [0.2, 0.25) is 10.0 Å². The number of hydrogen-bond acceptors (Lipinski definition) is 5. The molecule has 1 saturated heterocycles. The molecule has 1 heterocycles.